The molecule has 2 saturated heterocycles. The van der Waals surface area contributed by atoms with Crippen LogP contribution in [0.3, 0.4) is 0 Å². The molecule has 32 heavy (non-hydrogen) atoms. The number of hydrogen-bond acceptors (Lipinski definition) is 3. The number of pyridine rings is 1. The second kappa shape index (κ2) is 9.29. The van der Waals surface area contributed by atoms with E-state index < -0.39 is 0 Å². The summed E-state index contributed by atoms with van der Waals surface area (Å²) >= 11 is 0. The normalized spacial score (nSPS) is 21.2. The molecule has 1 aromatic heterocycles. The Kier molecular flexibility index (Phi) is 6.08. The second-order valence-corrected chi connectivity index (χ2v) is 9.22. The van der Waals surface area contributed by atoms with E-state index in [0.29, 0.717) is 36.0 Å². The van der Waals surface area contributed by atoms with E-state index in [2.05, 4.69) is 10.2 Å². The zero-order chi connectivity index (χ0) is 21.9. The fourth-order valence-electron chi connectivity index (χ4n) is 5.56. The van der Waals surface area contributed by atoms with Gasteiger partial charge in [-0.25, -0.2) is 0 Å². The number of nitrogens with zero attached hydrogens (tertiary/aromatic N) is 2. The Balaban J connectivity index is 1.40. The van der Waals surface area contributed by atoms with Crippen molar-refractivity contribution in [3.8, 4) is 0 Å². The van der Waals surface area contributed by atoms with Crippen LogP contribution in [0.5, 0.6) is 0 Å². The van der Waals surface area contributed by atoms with Gasteiger partial charge in [-0.3, -0.25) is 9.59 Å². The van der Waals surface area contributed by atoms with Crippen LogP contribution in [0.4, 0.5) is 0 Å². The average molecular weight is 430 g/mol. The Morgan fingerprint density at radius 3 is 2.50 bits per heavy atom. The van der Waals surface area contributed by atoms with Gasteiger partial charge in [0.2, 0.25) is 0 Å². The molecule has 0 unspecified atom stereocenters. The first-order chi connectivity index (χ1) is 15.7. The Morgan fingerprint density at radius 1 is 0.906 bits per heavy atom. The third kappa shape index (κ3) is 4.22. The molecule has 5 rings (SSSR count). The number of rotatable bonds is 5. The van der Waals surface area contributed by atoms with Gasteiger partial charge in [0.05, 0.1) is 12.1 Å². The van der Waals surface area contributed by atoms with Crippen molar-refractivity contribution in [1.29, 1.82) is 0 Å². The van der Waals surface area contributed by atoms with Crippen molar-refractivity contribution in [3.05, 3.63) is 82.3 Å². The molecular formula is C27H31N3O2. The zero-order valence-corrected chi connectivity index (χ0v) is 18.5. The van der Waals surface area contributed by atoms with Gasteiger partial charge in [-0.1, -0.05) is 55.0 Å². The fraction of sp³-hybridized carbons (Fsp3) is 0.407. The molecule has 2 aliphatic rings. The van der Waals surface area contributed by atoms with E-state index in [1.807, 2.05) is 54.6 Å². The third-order valence-corrected chi connectivity index (χ3v) is 7.19. The molecule has 0 spiro atoms. The lowest BCUT2D eigenvalue weighted by atomic mass is 9.83. The molecule has 1 N–H and O–H groups in total. The van der Waals surface area contributed by atoms with Crippen LogP contribution in [0.15, 0.2) is 65.6 Å². The summed E-state index contributed by atoms with van der Waals surface area (Å²) in [5, 5.41) is 4.54. The third-order valence-electron chi connectivity index (χ3n) is 7.19. The second-order valence-electron chi connectivity index (χ2n) is 9.22. The number of piperidine rings is 2. The molecule has 2 fully saturated rings. The van der Waals surface area contributed by atoms with Crippen LogP contribution in [0.2, 0.25) is 0 Å². The molecular weight excluding hydrogens is 398 g/mol. The topological polar surface area (TPSA) is 54.3 Å². The molecule has 3 aromatic rings. The van der Waals surface area contributed by atoms with Crippen molar-refractivity contribution >= 4 is 16.7 Å². The minimum absolute atomic E-state index is 0.0638. The van der Waals surface area contributed by atoms with Crippen LogP contribution in [0.1, 0.15) is 48.0 Å². The summed E-state index contributed by atoms with van der Waals surface area (Å²) in [4.78, 5) is 29.1. The van der Waals surface area contributed by atoms with Gasteiger partial charge in [0.1, 0.15) is 0 Å². The lowest BCUT2D eigenvalue weighted by Crippen LogP contribution is -2.51. The number of aromatic nitrogens is 1. The zero-order valence-electron chi connectivity index (χ0n) is 18.5. The standard InChI is InChI=1S/C27H31N3O2/c31-26(28-17-21-11-8-16-29-15-7-6-14-25(21)29)24-19-30(18-20-9-2-1-3-10-20)27(32)23-13-5-4-12-22(23)24/h1-5,9-10,12-13,19,21,25H,6-8,11,14-18H2,(H,28,31)/t21-,25-/m1/s1. The molecule has 3 heterocycles. The minimum atomic E-state index is -0.0871. The van der Waals surface area contributed by atoms with E-state index in [-0.39, 0.29) is 11.5 Å². The summed E-state index contributed by atoms with van der Waals surface area (Å²) in [6, 6.07) is 17.9. The van der Waals surface area contributed by atoms with Gasteiger partial charge in [-0.05, 0) is 56.3 Å². The minimum Gasteiger partial charge on any atom is -0.352 e. The van der Waals surface area contributed by atoms with Crippen LogP contribution in [0.25, 0.3) is 10.8 Å². The molecule has 5 nitrogen and oxygen atoms in total. The Labute approximate surface area is 189 Å². The van der Waals surface area contributed by atoms with E-state index in [1.165, 1.54) is 45.2 Å². The molecule has 0 aliphatic carbocycles. The van der Waals surface area contributed by atoms with E-state index >= 15 is 0 Å². The molecule has 2 aromatic carbocycles. The van der Waals surface area contributed by atoms with Crippen molar-refractivity contribution in [2.24, 2.45) is 5.92 Å². The lowest BCUT2D eigenvalue weighted by Gasteiger charge is -2.44. The van der Waals surface area contributed by atoms with Crippen molar-refractivity contribution in [3.63, 3.8) is 0 Å². The number of benzene rings is 2. The summed E-state index contributed by atoms with van der Waals surface area (Å²) in [5.41, 5.74) is 1.55. The molecule has 2 aliphatic heterocycles. The van der Waals surface area contributed by atoms with E-state index in [4.69, 9.17) is 0 Å². The average Bonchev–Trinajstić information content (AvgIpc) is 2.85. The highest BCUT2D eigenvalue weighted by molar-refractivity contribution is 6.06. The smallest absolute Gasteiger partial charge is 0.258 e. The maximum absolute atomic E-state index is 13.3. The van der Waals surface area contributed by atoms with E-state index in [0.717, 1.165) is 10.9 Å². The Bertz CT molecular complexity index is 1150. The molecule has 0 radical (unpaired) electrons. The molecule has 2 atom stereocenters. The maximum atomic E-state index is 13.3. The monoisotopic (exact) mass is 429 g/mol. The summed E-state index contributed by atoms with van der Waals surface area (Å²) in [6.07, 6.45) is 7.95. The lowest BCUT2D eigenvalue weighted by molar-refractivity contribution is 0.0576. The highest BCUT2D eigenvalue weighted by Gasteiger charge is 2.33. The molecule has 0 saturated carbocycles. The van der Waals surface area contributed by atoms with E-state index in [9.17, 15) is 9.59 Å². The first kappa shape index (κ1) is 21.0. The van der Waals surface area contributed by atoms with Crippen LogP contribution in [-0.2, 0) is 6.54 Å². The van der Waals surface area contributed by atoms with Crippen LogP contribution in [0, 0.1) is 5.92 Å². The first-order valence-corrected chi connectivity index (χ1v) is 11.9. The summed E-state index contributed by atoms with van der Waals surface area (Å²) in [5.74, 6) is 0.422. The van der Waals surface area contributed by atoms with Gasteiger partial charge in [-0.2, -0.15) is 0 Å². The fourth-order valence-corrected chi connectivity index (χ4v) is 5.56. The predicted molar refractivity (Wildman–Crippen MR) is 128 cm³/mol. The van der Waals surface area contributed by atoms with Crippen molar-refractivity contribution in [1.82, 2.24) is 14.8 Å². The number of nitrogens with one attached hydrogen (secondary N) is 1. The van der Waals surface area contributed by atoms with Crippen molar-refractivity contribution in [2.75, 3.05) is 19.6 Å². The SMILES string of the molecule is O=C(NC[C@H]1CCCN2CCCC[C@H]12)c1cn(Cc2ccccc2)c(=O)c2ccccc12. The van der Waals surface area contributed by atoms with Crippen LogP contribution in [-0.4, -0.2) is 41.1 Å². The van der Waals surface area contributed by atoms with Crippen LogP contribution >= 0.6 is 0 Å². The van der Waals surface area contributed by atoms with Gasteiger partial charge < -0.3 is 14.8 Å². The predicted octanol–water partition coefficient (Wildman–Crippen LogP) is 4.04. The molecule has 166 valence electrons. The summed E-state index contributed by atoms with van der Waals surface area (Å²) < 4.78 is 1.66. The van der Waals surface area contributed by atoms with Crippen molar-refractivity contribution < 1.29 is 4.79 Å². The maximum Gasteiger partial charge on any atom is 0.258 e. The van der Waals surface area contributed by atoms with Gasteiger partial charge in [0, 0.05) is 29.6 Å². The van der Waals surface area contributed by atoms with Gasteiger partial charge in [0.25, 0.3) is 11.5 Å². The Morgan fingerprint density at radius 2 is 1.66 bits per heavy atom. The largest absolute Gasteiger partial charge is 0.352 e. The van der Waals surface area contributed by atoms with Crippen molar-refractivity contribution in [2.45, 2.75) is 44.7 Å². The summed E-state index contributed by atoms with van der Waals surface area (Å²) in [7, 11) is 0. The molecule has 1 amide bonds. The molecule has 0 bridgehead atoms. The summed E-state index contributed by atoms with van der Waals surface area (Å²) in [6.45, 7) is 3.55. The number of amides is 1. The van der Waals surface area contributed by atoms with Crippen LogP contribution < -0.4 is 10.9 Å². The first-order valence-electron chi connectivity index (χ1n) is 11.9. The van der Waals surface area contributed by atoms with Gasteiger partial charge >= 0.3 is 0 Å². The molecule has 5 heteroatoms. The number of hydrogen-bond donors (Lipinski definition) is 1. The van der Waals surface area contributed by atoms with Gasteiger partial charge in [-0.15, -0.1) is 0 Å². The highest BCUT2D eigenvalue weighted by atomic mass is 16.2. The number of carbonyl (C=O) groups is 1. The highest BCUT2D eigenvalue weighted by Crippen LogP contribution is 2.30. The quantitative estimate of drug-likeness (QED) is 0.666. The number of carbonyl (C=O) groups excluding carboxylic acids is 1. The number of fused-ring (bicyclic) bond motifs is 2. The van der Waals surface area contributed by atoms with E-state index in [1.54, 1.807) is 10.8 Å². The van der Waals surface area contributed by atoms with Gasteiger partial charge in [0.15, 0.2) is 0 Å². The Hall–Kier alpha value is -2.92.